The summed E-state index contributed by atoms with van der Waals surface area (Å²) in [6.45, 7) is 0. The van der Waals surface area contributed by atoms with E-state index in [4.69, 9.17) is 5.73 Å². The molecular weight excluding hydrogens is 216 g/mol. The summed E-state index contributed by atoms with van der Waals surface area (Å²) < 4.78 is 0. The average molecular weight is 236 g/mol. The molecule has 0 spiro atoms. The minimum atomic E-state index is -0.109. The molecule has 0 bridgehead atoms. The number of nitrogen functional groups attached to an aromatic ring is 1. The number of hydrogen-bond acceptors (Lipinski definition) is 3. The van der Waals surface area contributed by atoms with E-state index in [1.165, 1.54) is 38.3 Å². The highest BCUT2D eigenvalue weighted by Crippen LogP contribution is 2.17. The third-order valence-corrected chi connectivity index (χ3v) is 3.35. The fourth-order valence-electron chi connectivity index (χ4n) is 2.34. The predicted octanol–water partition coefficient (Wildman–Crippen LogP) is 1.83. The highest BCUT2D eigenvalue weighted by molar-refractivity contribution is 5.98. The molecule has 2 rings (SSSR count). The Hall–Kier alpha value is -1.52. The van der Waals surface area contributed by atoms with Crippen LogP contribution in [0.5, 0.6) is 0 Å². The van der Waals surface area contributed by atoms with Gasteiger partial charge in [-0.2, -0.15) is 5.10 Å². The van der Waals surface area contributed by atoms with Crippen molar-refractivity contribution < 1.29 is 4.79 Å². The molecule has 5 nitrogen and oxygen atoms in total. The van der Waals surface area contributed by atoms with E-state index in [9.17, 15) is 4.79 Å². The highest BCUT2D eigenvalue weighted by Gasteiger charge is 2.17. The Morgan fingerprint density at radius 2 is 1.94 bits per heavy atom. The molecule has 1 aromatic rings. The first kappa shape index (κ1) is 12.0. The van der Waals surface area contributed by atoms with Gasteiger partial charge < -0.3 is 11.1 Å². The number of nitrogens with zero attached hydrogens (tertiary/aromatic N) is 1. The zero-order valence-electron chi connectivity index (χ0n) is 10.0. The highest BCUT2D eigenvalue weighted by atomic mass is 16.1. The van der Waals surface area contributed by atoms with Crippen molar-refractivity contribution in [2.75, 3.05) is 5.73 Å². The summed E-state index contributed by atoms with van der Waals surface area (Å²) in [5.74, 6) is 0.232. The molecular formula is C12H20N4O. The number of aromatic nitrogens is 2. The molecule has 1 aliphatic rings. The molecule has 5 heteroatoms. The van der Waals surface area contributed by atoms with Crippen LogP contribution in [0.2, 0.25) is 0 Å². The van der Waals surface area contributed by atoms with Crippen LogP contribution in [0.15, 0.2) is 6.20 Å². The number of anilines is 1. The third kappa shape index (κ3) is 3.22. The first-order valence-corrected chi connectivity index (χ1v) is 6.37. The van der Waals surface area contributed by atoms with E-state index in [0.29, 0.717) is 11.4 Å². The molecule has 0 atom stereocenters. The van der Waals surface area contributed by atoms with Gasteiger partial charge in [-0.1, -0.05) is 32.1 Å². The Labute approximate surface area is 101 Å². The third-order valence-electron chi connectivity index (χ3n) is 3.35. The van der Waals surface area contributed by atoms with Gasteiger partial charge in [0, 0.05) is 6.04 Å². The van der Waals surface area contributed by atoms with Gasteiger partial charge in [0.05, 0.1) is 6.20 Å². The van der Waals surface area contributed by atoms with Gasteiger partial charge in [-0.3, -0.25) is 9.89 Å². The van der Waals surface area contributed by atoms with Crippen LogP contribution in [-0.2, 0) is 0 Å². The summed E-state index contributed by atoms with van der Waals surface area (Å²) in [7, 11) is 0. The molecule has 1 saturated carbocycles. The van der Waals surface area contributed by atoms with Crippen molar-refractivity contribution in [2.45, 2.75) is 51.0 Å². The molecule has 0 saturated heterocycles. The summed E-state index contributed by atoms with van der Waals surface area (Å²) >= 11 is 0. The second-order valence-corrected chi connectivity index (χ2v) is 4.71. The van der Waals surface area contributed by atoms with Crippen molar-refractivity contribution in [1.29, 1.82) is 0 Å². The van der Waals surface area contributed by atoms with Crippen LogP contribution in [0.1, 0.15) is 55.3 Å². The SMILES string of the molecule is Nc1[nH]ncc1C(=O)NC1CCCCCCC1. The molecule has 1 heterocycles. The number of hydrogen-bond donors (Lipinski definition) is 3. The van der Waals surface area contributed by atoms with Crippen molar-refractivity contribution >= 4 is 11.7 Å². The molecule has 4 N–H and O–H groups in total. The zero-order valence-corrected chi connectivity index (χ0v) is 10.0. The molecule has 1 fully saturated rings. The summed E-state index contributed by atoms with van der Waals surface area (Å²) in [6, 6.07) is 0.289. The molecule has 0 aromatic carbocycles. The Morgan fingerprint density at radius 3 is 2.53 bits per heavy atom. The van der Waals surface area contributed by atoms with Crippen LogP contribution in [0.3, 0.4) is 0 Å². The van der Waals surface area contributed by atoms with E-state index < -0.39 is 0 Å². The fourth-order valence-corrected chi connectivity index (χ4v) is 2.34. The molecule has 17 heavy (non-hydrogen) atoms. The second kappa shape index (κ2) is 5.70. The van der Waals surface area contributed by atoms with Crippen molar-refractivity contribution in [3.63, 3.8) is 0 Å². The monoisotopic (exact) mass is 236 g/mol. The zero-order chi connectivity index (χ0) is 12.1. The van der Waals surface area contributed by atoms with E-state index in [-0.39, 0.29) is 11.9 Å². The Morgan fingerprint density at radius 1 is 1.29 bits per heavy atom. The van der Waals surface area contributed by atoms with Gasteiger partial charge in [-0.15, -0.1) is 0 Å². The van der Waals surface area contributed by atoms with Gasteiger partial charge >= 0.3 is 0 Å². The average Bonchev–Trinajstić information content (AvgIpc) is 2.68. The summed E-state index contributed by atoms with van der Waals surface area (Å²) in [5.41, 5.74) is 6.07. The van der Waals surface area contributed by atoms with Gasteiger partial charge in [0.1, 0.15) is 11.4 Å². The largest absolute Gasteiger partial charge is 0.383 e. The van der Waals surface area contributed by atoms with Crippen LogP contribution in [0.25, 0.3) is 0 Å². The summed E-state index contributed by atoms with van der Waals surface area (Å²) in [6.07, 6.45) is 9.91. The molecule has 1 amide bonds. The van der Waals surface area contributed by atoms with Gasteiger partial charge in [-0.05, 0) is 12.8 Å². The number of rotatable bonds is 2. The molecule has 1 aromatic heterocycles. The summed E-state index contributed by atoms with van der Waals surface area (Å²) in [5, 5.41) is 9.39. The predicted molar refractivity (Wildman–Crippen MR) is 66.6 cm³/mol. The van der Waals surface area contributed by atoms with Crippen LogP contribution in [0.4, 0.5) is 5.82 Å². The van der Waals surface area contributed by atoms with Crippen LogP contribution >= 0.6 is 0 Å². The molecule has 94 valence electrons. The minimum Gasteiger partial charge on any atom is -0.383 e. The van der Waals surface area contributed by atoms with Crippen molar-refractivity contribution in [1.82, 2.24) is 15.5 Å². The van der Waals surface area contributed by atoms with Crippen molar-refractivity contribution in [2.24, 2.45) is 0 Å². The molecule has 0 radical (unpaired) electrons. The summed E-state index contributed by atoms with van der Waals surface area (Å²) in [4.78, 5) is 11.9. The number of aromatic amines is 1. The minimum absolute atomic E-state index is 0.109. The van der Waals surface area contributed by atoms with E-state index in [1.807, 2.05) is 0 Å². The number of carbonyl (C=O) groups is 1. The number of nitrogens with one attached hydrogen (secondary N) is 2. The van der Waals surface area contributed by atoms with Crippen LogP contribution < -0.4 is 11.1 Å². The number of H-pyrrole nitrogens is 1. The topological polar surface area (TPSA) is 83.8 Å². The maximum atomic E-state index is 11.9. The molecule has 0 unspecified atom stereocenters. The normalized spacial score (nSPS) is 18.4. The quantitative estimate of drug-likeness (QED) is 0.732. The number of amides is 1. The van der Waals surface area contributed by atoms with E-state index >= 15 is 0 Å². The van der Waals surface area contributed by atoms with Crippen molar-refractivity contribution in [3.05, 3.63) is 11.8 Å². The Kier molecular flexibility index (Phi) is 4.01. The maximum Gasteiger partial charge on any atom is 0.256 e. The van der Waals surface area contributed by atoms with Gasteiger partial charge in [0.25, 0.3) is 5.91 Å². The number of carbonyl (C=O) groups excluding carboxylic acids is 1. The van der Waals surface area contributed by atoms with E-state index in [2.05, 4.69) is 15.5 Å². The lowest BCUT2D eigenvalue weighted by molar-refractivity contribution is 0.0931. The Balaban J connectivity index is 1.91. The van der Waals surface area contributed by atoms with Gasteiger partial charge in [0.2, 0.25) is 0 Å². The smallest absolute Gasteiger partial charge is 0.256 e. The van der Waals surface area contributed by atoms with E-state index in [1.54, 1.807) is 0 Å². The number of nitrogens with two attached hydrogens (primary N) is 1. The van der Waals surface area contributed by atoms with E-state index in [0.717, 1.165) is 12.8 Å². The first-order chi connectivity index (χ1) is 8.27. The molecule has 1 aliphatic carbocycles. The van der Waals surface area contributed by atoms with Crippen LogP contribution in [0, 0.1) is 0 Å². The van der Waals surface area contributed by atoms with Gasteiger partial charge in [-0.25, -0.2) is 0 Å². The lowest BCUT2D eigenvalue weighted by Gasteiger charge is -2.20. The molecule has 0 aliphatic heterocycles. The van der Waals surface area contributed by atoms with Crippen molar-refractivity contribution in [3.8, 4) is 0 Å². The lowest BCUT2D eigenvalue weighted by atomic mass is 9.96. The van der Waals surface area contributed by atoms with Crippen LogP contribution in [-0.4, -0.2) is 22.1 Å². The maximum absolute atomic E-state index is 11.9. The lowest BCUT2D eigenvalue weighted by Crippen LogP contribution is -2.35. The second-order valence-electron chi connectivity index (χ2n) is 4.71. The Bertz CT molecular complexity index is 366. The first-order valence-electron chi connectivity index (χ1n) is 6.37. The standard InChI is InChI=1S/C12H20N4O/c13-11-10(8-14-16-11)12(17)15-9-6-4-2-1-3-5-7-9/h8-9H,1-7H2,(H,15,17)(H3,13,14,16). The fraction of sp³-hybridized carbons (Fsp3) is 0.667. The van der Waals surface area contributed by atoms with Gasteiger partial charge in [0.15, 0.2) is 0 Å².